The fourth-order valence-electron chi connectivity index (χ4n) is 2.00. The van der Waals surface area contributed by atoms with E-state index in [0.717, 1.165) is 30.9 Å². The molecule has 0 spiro atoms. The molecule has 0 aliphatic heterocycles. The molecule has 4 heteroatoms. The smallest absolute Gasteiger partial charge is 0.218 e. The van der Waals surface area contributed by atoms with Crippen molar-refractivity contribution >= 4 is 5.82 Å². The first-order chi connectivity index (χ1) is 7.81. The molecule has 4 nitrogen and oxygen atoms in total. The zero-order valence-electron chi connectivity index (χ0n) is 9.99. The Morgan fingerprint density at radius 1 is 1.38 bits per heavy atom. The molecule has 0 unspecified atom stereocenters. The number of hydrogen-bond acceptors (Lipinski definition) is 4. The van der Waals surface area contributed by atoms with Crippen molar-refractivity contribution in [1.82, 2.24) is 9.97 Å². The van der Waals surface area contributed by atoms with Gasteiger partial charge in [0.25, 0.3) is 0 Å². The monoisotopic (exact) mass is 221 g/mol. The van der Waals surface area contributed by atoms with E-state index < -0.39 is 0 Å². The highest BCUT2D eigenvalue weighted by atomic mass is 16.5. The first-order valence-electron chi connectivity index (χ1n) is 6.04. The number of nitrogens with zero attached hydrogens (tertiary/aromatic N) is 2. The molecule has 1 N–H and O–H groups in total. The number of aryl methyl sites for hydroxylation is 1. The van der Waals surface area contributed by atoms with Crippen LogP contribution < -0.4 is 10.1 Å². The van der Waals surface area contributed by atoms with E-state index in [2.05, 4.69) is 15.3 Å². The minimum absolute atomic E-state index is 0.351. The molecule has 2 rings (SSSR count). The molecule has 1 aromatic heterocycles. The van der Waals surface area contributed by atoms with Crippen molar-refractivity contribution in [3.8, 4) is 5.88 Å². The Morgan fingerprint density at radius 3 is 2.75 bits per heavy atom. The lowest BCUT2D eigenvalue weighted by atomic mass is 10.3. The topological polar surface area (TPSA) is 47.0 Å². The Kier molecular flexibility index (Phi) is 3.59. The average Bonchev–Trinajstić information content (AvgIpc) is 2.81. The molecule has 1 fully saturated rings. The number of anilines is 1. The van der Waals surface area contributed by atoms with Gasteiger partial charge in [0.05, 0.1) is 0 Å². The normalized spacial score (nSPS) is 16.4. The molecule has 1 aromatic rings. The summed E-state index contributed by atoms with van der Waals surface area (Å²) in [7, 11) is 1.86. The fourth-order valence-corrected chi connectivity index (χ4v) is 2.00. The first-order valence-corrected chi connectivity index (χ1v) is 6.04. The number of aromatic nitrogens is 2. The first kappa shape index (κ1) is 11.2. The van der Waals surface area contributed by atoms with E-state index in [1.165, 1.54) is 12.8 Å². The molecule has 0 amide bonds. The summed E-state index contributed by atoms with van der Waals surface area (Å²) < 4.78 is 5.87. The van der Waals surface area contributed by atoms with Crippen LogP contribution in [0.4, 0.5) is 5.82 Å². The maximum Gasteiger partial charge on any atom is 0.218 e. The van der Waals surface area contributed by atoms with Crippen LogP contribution in [0.2, 0.25) is 0 Å². The van der Waals surface area contributed by atoms with E-state index in [0.29, 0.717) is 12.0 Å². The van der Waals surface area contributed by atoms with Crippen LogP contribution in [0.25, 0.3) is 0 Å². The van der Waals surface area contributed by atoms with Gasteiger partial charge in [0.15, 0.2) is 0 Å². The van der Waals surface area contributed by atoms with Crippen LogP contribution in [0.5, 0.6) is 5.88 Å². The van der Waals surface area contributed by atoms with E-state index in [4.69, 9.17) is 4.74 Å². The quantitative estimate of drug-likeness (QED) is 0.848. The molecule has 16 heavy (non-hydrogen) atoms. The highest BCUT2D eigenvalue weighted by Crippen LogP contribution is 2.24. The Morgan fingerprint density at radius 2 is 2.12 bits per heavy atom. The lowest BCUT2D eigenvalue weighted by Gasteiger charge is -2.13. The van der Waals surface area contributed by atoms with Gasteiger partial charge < -0.3 is 10.1 Å². The van der Waals surface area contributed by atoms with Gasteiger partial charge in [0, 0.05) is 19.5 Å². The Labute approximate surface area is 96.4 Å². The van der Waals surface area contributed by atoms with Gasteiger partial charge in [-0.1, -0.05) is 6.92 Å². The Hall–Kier alpha value is -1.32. The minimum Gasteiger partial charge on any atom is -0.474 e. The molecular weight excluding hydrogens is 202 g/mol. The van der Waals surface area contributed by atoms with E-state index in [9.17, 15) is 0 Å². The summed E-state index contributed by atoms with van der Waals surface area (Å²) in [5.41, 5.74) is 0. The van der Waals surface area contributed by atoms with Crippen molar-refractivity contribution in [2.45, 2.75) is 45.1 Å². The summed E-state index contributed by atoms with van der Waals surface area (Å²) in [6.45, 7) is 2.05. The van der Waals surface area contributed by atoms with Gasteiger partial charge in [0.1, 0.15) is 17.7 Å². The second kappa shape index (κ2) is 5.14. The van der Waals surface area contributed by atoms with Crippen LogP contribution >= 0.6 is 0 Å². The van der Waals surface area contributed by atoms with Gasteiger partial charge in [-0.3, -0.25) is 0 Å². The van der Waals surface area contributed by atoms with Crippen molar-refractivity contribution in [3.05, 3.63) is 11.9 Å². The van der Waals surface area contributed by atoms with Crippen LogP contribution in [0.15, 0.2) is 6.07 Å². The van der Waals surface area contributed by atoms with Crippen LogP contribution in [0.1, 0.15) is 38.4 Å². The van der Waals surface area contributed by atoms with Crippen molar-refractivity contribution in [3.63, 3.8) is 0 Å². The van der Waals surface area contributed by atoms with Gasteiger partial charge in [0.2, 0.25) is 5.88 Å². The molecule has 1 saturated carbocycles. The summed E-state index contributed by atoms with van der Waals surface area (Å²) >= 11 is 0. The van der Waals surface area contributed by atoms with Gasteiger partial charge in [-0.2, -0.15) is 4.98 Å². The van der Waals surface area contributed by atoms with Crippen molar-refractivity contribution < 1.29 is 4.74 Å². The van der Waals surface area contributed by atoms with Gasteiger partial charge in [-0.15, -0.1) is 0 Å². The standard InChI is InChI=1S/C12H19N3O/c1-3-10-14-11(13-2)8-12(15-10)16-9-6-4-5-7-9/h8-9H,3-7H2,1-2H3,(H,13,14,15). The van der Waals surface area contributed by atoms with Gasteiger partial charge in [-0.25, -0.2) is 4.98 Å². The zero-order valence-corrected chi connectivity index (χ0v) is 9.99. The maximum atomic E-state index is 5.87. The summed E-state index contributed by atoms with van der Waals surface area (Å²) in [6, 6.07) is 1.87. The molecule has 1 aliphatic carbocycles. The largest absolute Gasteiger partial charge is 0.474 e. The molecule has 1 heterocycles. The van der Waals surface area contributed by atoms with Crippen LogP contribution in [-0.4, -0.2) is 23.1 Å². The fraction of sp³-hybridized carbons (Fsp3) is 0.667. The zero-order chi connectivity index (χ0) is 11.4. The van der Waals surface area contributed by atoms with Crippen molar-refractivity contribution in [2.24, 2.45) is 0 Å². The summed E-state index contributed by atoms with van der Waals surface area (Å²) in [6.07, 6.45) is 6.03. The van der Waals surface area contributed by atoms with Crippen molar-refractivity contribution in [2.75, 3.05) is 12.4 Å². The van der Waals surface area contributed by atoms with Crippen LogP contribution in [0.3, 0.4) is 0 Å². The molecule has 88 valence electrons. The molecule has 0 aromatic carbocycles. The third-order valence-corrected chi connectivity index (χ3v) is 2.91. The Balaban J connectivity index is 2.12. The average molecular weight is 221 g/mol. The van der Waals surface area contributed by atoms with E-state index in [1.54, 1.807) is 0 Å². The third-order valence-electron chi connectivity index (χ3n) is 2.91. The molecule has 0 radical (unpaired) electrons. The van der Waals surface area contributed by atoms with Gasteiger partial charge >= 0.3 is 0 Å². The minimum atomic E-state index is 0.351. The summed E-state index contributed by atoms with van der Waals surface area (Å²) in [4.78, 5) is 8.73. The lowest BCUT2D eigenvalue weighted by molar-refractivity contribution is 0.200. The molecule has 0 saturated heterocycles. The molecule has 0 bridgehead atoms. The number of nitrogens with one attached hydrogen (secondary N) is 1. The second-order valence-electron chi connectivity index (χ2n) is 4.14. The lowest BCUT2D eigenvalue weighted by Crippen LogP contribution is -2.13. The predicted molar refractivity (Wildman–Crippen MR) is 63.8 cm³/mol. The second-order valence-corrected chi connectivity index (χ2v) is 4.14. The van der Waals surface area contributed by atoms with Crippen LogP contribution in [-0.2, 0) is 6.42 Å². The summed E-state index contributed by atoms with van der Waals surface area (Å²) in [5, 5.41) is 3.04. The highest BCUT2D eigenvalue weighted by molar-refractivity contribution is 5.37. The number of ether oxygens (including phenoxy) is 1. The van der Waals surface area contributed by atoms with Crippen molar-refractivity contribution in [1.29, 1.82) is 0 Å². The van der Waals surface area contributed by atoms with E-state index >= 15 is 0 Å². The number of hydrogen-bond donors (Lipinski definition) is 1. The Bertz CT molecular complexity index is 326. The molecule has 1 aliphatic rings. The summed E-state index contributed by atoms with van der Waals surface area (Å²) in [5.74, 6) is 2.38. The SMILES string of the molecule is CCc1nc(NC)cc(OC2CCCC2)n1. The van der Waals surface area contributed by atoms with E-state index in [-0.39, 0.29) is 0 Å². The van der Waals surface area contributed by atoms with Gasteiger partial charge in [-0.05, 0) is 25.7 Å². The predicted octanol–water partition coefficient (Wildman–Crippen LogP) is 2.40. The highest BCUT2D eigenvalue weighted by Gasteiger charge is 2.17. The third kappa shape index (κ3) is 2.62. The molecule has 0 atom stereocenters. The maximum absolute atomic E-state index is 5.87. The molecular formula is C12H19N3O. The number of rotatable bonds is 4. The van der Waals surface area contributed by atoms with E-state index in [1.807, 2.05) is 20.0 Å². The van der Waals surface area contributed by atoms with Crippen LogP contribution in [0, 0.1) is 0 Å².